The van der Waals surface area contributed by atoms with Crippen LogP contribution in [0.25, 0.3) is 0 Å². The number of ether oxygens (including phenoxy) is 1. The van der Waals surface area contributed by atoms with Gasteiger partial charge in [-0.1, -0.05) is 6.42 Å². The van der Waals surface area contributed by atoms with Crippen molar-refractivity contribution in [2.45, 2.75) is 37.0 Å². The van der Waals surface area contributed by atoms with Crippen molar-refractivity contribution in [3.05, 3.63) is 0 Å². The lowest BCUT2D eigenvalue weighted by atomic mass is 10.1. The van der Waals surface area contributed by atoms with E-state index in [1.54, 1.807) is 7.05 Å². The summed E-state index contributed by atoms with van der Waals surface area (Å²) >= 11 is 0. The second kappa shape index (κ2) is 5.69. The van der Waals surface area contributed by atoms with Crippen LogP contribution in [-0.2, 0) is 24.3 Å². The van der Waals surface area contributed by atoms with E-state index in [1.165, 1.54) is 12.0 Å². The van der Waals surface area contributed by atoms with Gasteiger partial charge in [0, 0.05) is 13.6 Å². The molecule has 1 N–H and O–H groups in total. The molecule has 1 saturated heterocycles. The van der Waals surface area contributed by atoms with Crippen molar-refractivity contribution in [1.29, 1.82) is 0 Å². The molecule has 2 fully saturated rings. The van der Waals surface area contributed by atoms with Crippen molar-refractivity contribution in [2.75, 3.05) is 20.7 Å². The first-order valence-corrected chi connectivity index (χ1v) is 8.25. The van der Waals surface area contributed by atoms with Crippen molar-refractivity contribution in [2.24, 2.45) is 5.92 Å². The van der Waals surface area contributed by atoms with E-state index in [0.29, 0.717) is 32.2 Å². The molecule has 0 aromatic heterocycles. The quantitative estimate of drug-likeness (QED) is 0.705. The Labute approximate surface area is 118 Å². The lowest BCUT2D eigenvalue weighted by molar-refractivity contribution is -0.145. The average molecular weight is 304 g/mol. The van der Waals surface area contributed by atoms with Crippen LogP contribution < -0.4 is 4.72 Å². The summed E-state index contributed by atoms with van der Waals surface area (Å²) < 4.78 is 31.9. The molecule has 1 saturated carbocycles. The van der Waals surface area contributed by atoms with Gasteiger partial charge < -0.3 is 9.64 Å². The normalized spacial score (nSPS) is 30.8. The van der Waals surface area contributed by atoms with E-state index in [-0.39, 0.29) is 5.91 Å². The van der Waals surface area contributed by atoms with Crippen molar-refractivity contribution in [3.63, 3.8) is 0 Å². The molecule has 1 aliphatic carbocycles. The molecule has 3 unspecified atom stereocenters. The van der Waals surface area contributed by atoms with Crippen LogP contribution in [0.4, 0.5) is 0 Å². The van der Waals surface area contributed by atoms with Gasteiger partial charge in [0.15, 0.2) is 0 Å². The minimum Gasteiger partial charge on any atom is -0.469 e. The first-order valence-electron chi connectivity index (χ1n) is 6.70. The molecular formula is C12H20N2O5S. The highest BCUT2D eigenvalue weighted by Gasteiger charge is 2.44. The average Bonchev–Trinajstić information content (AvgIpc) is 3.00. The zero-order chi connectivity index (χ0) is 14.9. The van der Waals surface area contributed by atoms with Crippen LogP contribution in [-0.4, -0.2) is 57.2 Å². The van der Waals surface area contributed by atoms with Gasteiger partial charge in [0.1, 0.15) is 6.04 Å². The maximum Gasteiger partial charge on any atom is 0.310 e. The minimum atomic E-state index is -3.70. The molecular weight excluding hydrogens is 284 g/mol. The van der Waals surface area contributed by atoms with Crippen molar-refractivity contribution in [3.8, 4) is 0 Å². The van der Waals surface area contributed by atoms with E-state index in [9.17, 15) is 18.0 Å². The van der Waals surface area contributed by atoms with Crippen LogP contribution in [0.2, 0.25) is 0 Å². The molecule has 1 heterocycles. The summed E-state index contributed by atoms with van der Waals surface area (Å²) in [6.45, 7) is 0.539. The Morgan fingerprint density at radius 1 is 1.35 bits per heavy atom. The van der Waals surface area contributed by atoms with Gasteiger partial charge in [0.25, 0.3) is 0 Å². The molecule has 0 radical (unpaired) electrons. The van der Waals surface area contributed by atoms with Gasteiger partial charge in [-0.3, -0.25) is 9.59 Å². The number of hydrogen-bond acceptors (Lipinski definition) is 5. The lowest BCUT2D eigenvalue weighted by Crippen LogP contribution is -2.46. The summed E-state index contributed by atoms with van der Waals surface area (Å²) in [5.74, 6) is -1.35. The Balaban J connectivity index is 2.10. The van der Waals surface area contributed by atoms with E-state index in [2.05, 4.69) is 9.46 Å². The van der Waals surface area contributed by atoms with Crippen molar-refractivity contribution >= 4 is 21.9 Å². The second-order valence-electron chi connectivity index (χ2n) is 5.36. The van der Waals surface area contributed by atoms with E-state index in [0.717, 1.165) is 0 Å². The third-order valence-electron chi connectivity index (χ3n) is 4.09. The summed E-state index contributed by atoms with van der Waals surface area (Å²) in [5, 5.41) is -0.798. The number of nitrogens with zero attached hydrogens (tertiary/aromatic N) is 1. The Kier molecular flexibility index (Phi) is 4.33. The van der Waals surface area contributed by atoms with E-state index >= 15 is 0 Å². The molecule has 0 bridgehead atoms. The largest absolute Gasteiger partial charge is 0.469 e. The molecule has 3 atom stereocenters. The predicted molar refractivity (Wildman–Crippen MR) is 71.2 cm³/mol. The third kappa shape index (κ3) is 2.80. The molecule has 8 heteroatoms. The van der Waals surface area contributed by atoms with E-state index in [4.69, 9.17) is 0 Å². The van der Waals surface area contributed by atoms with E-state index in [1.807, 2.05) is 0 Å². The van der Waals surface area contributed by atoms with Gasteiger partial charge in [-0.2, -0.15) is 0 Å². The Bertz CT molecular complexity index is 504. The van der Waals surface area contributed by atoms with Crippen molar-refractivity contribution in [1.82, 2.24) is 9.62 Å². The number of sulfonamides is 1. The molecule has 114 valence electrons. The molecule has 2 rings (SSSR count). The maximum atomic E-state index is 12.4. The fraction of sp³-hybridized carbons (Fsp3) is 0.833. The number of likely N-dealkylation sites (N-methyl/N-ethyl adjacent to an activating group) is 1. The summed E-state index contributed by atoms with van der Waals surface area (Å²) in [5.41, 5.74) is 0. The molecule has 20 heavy (non-hydrogen) atoms. The van der Waals surface area contributed by atoms with Crippen LogP contribution in [0, 0.1) is 5.92 Å². The van der Waals surface area contributed by atoms with Crippen LogP contribution in [0.3, 0.4) is 0 Å². The number of amides is 1. The monoisotopic (exact) mass is 304 g/mol. The van der Waals surface area contributed by atoms with Crippen LogP contribution in [0.5, 0.6) is 0 Å². The highest BCUT2D eigenvalue weighted by Crippen LogP contribution is 2.32. The Morgan fingerprint density at radius 2 is 2.05 bits per heavy atom. The minimum absolute atomic E-state index is 0.221. The summed E-state index contributed by atoms with van der Waals surface area (Å²) in [6.07, 6.45) is 2.07. The number of rotatable bonds is 4. The van der Waals surface area contributed by atoms with Gasteiger partial charge in [-0.25, -0.2) is 13.1 Å². The summed E-state index contributed by atoms with van der Waals surface area (Å²) in [6, 6.07) is -0.705. The van der Waals surface area contributed by atoms with Crippen molar-refractivity contribution < 1.29 is 22.7 Å². The van der Waals surface area contributed by atoms with Gasteiger partial charge in [0.2, 0.25) is 15.9 Å². The fourth-order valence-corrected chi connectivity index (χ4v) is 4.88. The number of carbonyl (C=O) groups is 2. The van der Waals surface area contributed by atoms with Crippen LogP contribution >= 0.6 is 0 Å². The summed E-state index contributed by atoms with van der Waals surface area (Å²) in [4.78, 5) is 24.9. The smallest absolute Gasteiger partial charge is 0.310 e. The second-order valence-corrected chi connectivity index (χ2v) is 7.29. The SMILES string of the molecule is COC(=O)C1CCCC1S(=O)(=O)NC1CCN(C)C1=O. The molecule has 0 aromatic rings. The van der Waals surface area contributed by atoms with Crippen LogP contribution in [0.1, 0.15) is 25.7 Å². The summed E-state index contributed by atoms with van der Waals surface area (Å²) in [7, 11) is -0.803. The number of esters is 1. The van der Waals surface area contributed by atoms with Gasteiger partial charge in [0.05, 0.1) is 18.3 Å². The molecule has 0 aromatic carbocycles. The zero-order valence-electron chi connectivity index (χ0n) is 11.7. The number of hydrogen-bond donors (Lipinski definition) is 1. The first kappa shape index (κ1) is 15.2. The Morgan fingerprint density at radius 3 is 2.60 bits per heavy atom. The first-order chi connectivity index (χ1) is 9.36. The maximum absolute atomic E-state index is 12.4. The highest BCUT2D eigenvalue weighted by atomic mass is 32.2. The number of likely N-dealkylation sites (tertiary alicyclic amines) is 1. The molecule has 7 nitrogen and oxygen atoms in total. The third-order valence-corrected chi connectivity index (χ3v) is 6.06. The van der Waals surface area contributed by atoms with Gasteiger partial charge in [-0.15, -0.1) is 0 Å². The van der Waals surface area contributed by atoms with Crippen LogP contribution in [0.15, 0.2) is 0 Å². The molecule has 0 spiro atoms. The highest BCUT2D eigenvalue weighted by molar-refractivity contribution is 7.90. The van der Waals surface area contributed by atoms with E-state index < -0.39 is 33.2 Å². The zero-order valence-corrected chi connectivity index (χ0v) is 12.5. The van der Waals surface area contributed by atoms with Gasteiger partial charge in [-0.05, 0) is 19.3 Å². The fourth-order valence-electron chi connectivity index (χ4n) is 2.94. The molecule has 1 amide bonds. The Hall–Kier alpha value is -1.15. The number of carbonyl (C=O) groups excluding carboxylic acids is 2. The molecule has 1 aliphatic heterocycles. The number of methoxy groups -OCH3 is 1. The van der Waals surface area contributed by atoms with Gasteiger partial charge >= 0.3 is 5.97 Å². The lowest BCUT2D eigenvalue weighted by Gasteiger charge is -2.20. The number of nitrogens with one attached hydrogen (secondary N) is 1. The predicted octanol–water partition coefficient (Wildman–Crippen LogP) is -0.522. The topological polar surface area (TPSA) is 92.8 Å². The molecule has 2 aliphatic rings. The standard InChI is InChI=1S/C12H20N2O5S/c1-14-7-6-9(11(14)15)13-20(17,18)10-5-3-4-8(10)12(16)19-2/h8-10,13H,3-7H2,1-2H3.